The second kappa shape index (κ2) is 9.19. The average Bonchev–Trinajstić information content (AvgIpc) is 2.63. The lowest BCUT2D eigenvalue weighted by atomic mass is 10.1. The SMILES string of the molecule is CC1CN(CC(=O)Nc2ccccc2C(=O)Nc2ccc(Cl)cc2)CC(C)O1. The summed E-state index contributed by atoms with van der Waals surface area (Å²) in [6.45, 7) is 5.66. The molecule has 1 aliphatic rings. The van der Waals surface area contributed by atoms with E-state index in [2.05, 4.69) is 15.5 Å². The van der Waals surface area contributed by atoms with Gasteiger partial charge in [0.05, 0.1) is 30.0 Å². The van der Waals surface area contributed by atoms with Crippen molar-refractivity contribution in [3.05, 3.63) is 59.1 Å². The molecular formula is C21H24ClN3O3. The Morgan fingerprint density at radius 2 is 1.68 bits per heavy atom. The number of anilines is 2. The van der Waals surface area contributed by atoms with Gasteiger partial charge in [0.2, 0.25) is 5.91 Å². The van der Waals surface area contributed by atoms with Gasteiger partial charge >= 0.3 is 0 Å². The van der Waals surface area contributed by atoms with Crippen molar-refractivity contribution in [2.75, 3.05) is 30.3 Å². The number of nitrogens with zero attached hydrogens (tertiary/aromatic N) is 1. The zero-order valence-corrected chi connectivity index (χ0v) is 16.7. The molecule has 6 nitrogen and oxygen atoms in total. The van der Waals surface area contributed by atoms with Crippen LogP contribution in [0.1, 0.15) is 24.2 Å². The maximum Gasteiger partial charge on any atom is 0.257 e. The molecule has 0 radical (unpaired) electrons. The van der Waals surface area contributed by atoms with Crippen LogP contribution in [0.4, 0.5) is 11.4 Å². The molecule has 1 fully saturated rings. The highest BCUT2D eigenvalue weighted by molar-refractivity contribution is 6.30. The van der Waals surface area contributed by atoms with Crippen LogP contribution in [0, 0.1) is 0 Å². The zero-order valence-electron chi connectivity index (χ0n) is 15.9. The molecule has 0 aliphatic carbocycles. The smallest absolute Gasteiger partial charge is 0.257 e. The van der Waals surface area contributed by atoms with E-state index in [-0.39, 0.29) is 30.6 Å². The number of nitrogens with one attached hydrogen (secondary N) is 2. The molecule has 3 rings (SSSR count). The highest BCUT2D eigenvalue weighted by atomic mass is 35.5. The summed E-state index contributed by atoms with van der Waals surface area (Å²) >= 11 is 5.87. The van der Waals surface area contributed by atoms with E-state index >= 15 is 0 Å². The van der Waals surface area contributed by atoms with Crippen LogP contribution < -0.4 is 10.6 Å². The van der Waals surface area contributed by atoms with Crippen LogP contribution in [0.3, 0.4) is 0 Å². The molecule has 28 heavy (non-hydrogen) atoms. The van der Waals surface area contributed by atoms with E-state index in [0.717, 1.165) is 0 Å². The number of ether oxygens (including phenoxy) is 1. The molecule has 1 saturated heterocycles. The first kappa shape index (κ1) is 20.3. The Labute approximate surface area is 169 Å². The van der Waals surface area contributed by atoms with Gasteiger partial charge in [-0.1, -0.05) is 23.7 Å². The first-order valence-corrected chi connectivity index (χ1v) is 9.62. The van der Waals surface area contributed by atoms with E-state index in [4.69, 9.17) is 16.3 Å². The zero-order chi connectivity index (χ0) is 20.1. The van der Waals surface area contributed by atoms with E-state index in [0.29, 0.717) is 35.1 Å². The second-order valence-electron chi connectivity index (χ2n) is 7.01. The summed E-state index contributed by atoms with van der Waals surface area (Å²) in [5, 5.41) is 6.27. The first-order valence-electron chi connectivity index (χ1n) is 9.24. The van der Waals surface area contributed by atoms with Crippen LogP contribution in [0.5, 0.6) is 0 Å². The molecule has 0 spiro atoms. The van der Waals surface area contributed by atoms with Crippen LogP contribution >= 0.6 is 11.6 Å². The lowest BCUT2D eigenvalue weighted by Crippen LogP contribution is -2.48. The normalized spacial score (nSPS) is 19.8. The summed E-state index contributed by atoms with van der Waals surface area (Å²) in [4.78, 5) is 27.2. The number of hydrogen-bond acceptors (Lipinski definition) is 4. The van der Waals surface area contributed by atoms with Crippen molar-refractivity contribution in [3.8, 4) is 0 Å². The predicted octanol–water partition coefficient (Wildman–Crippen LogP) is 3.64. The first-order chi connectivity index (χ1) is 13.4. The molecule has 1 aliphatic heterocycles. The Hall–Kier alpha value is -2.41. The number of hydrogen-bond donors (Lipinski definition) is 2. The number of carbonyl (C=O) groups is 2. The van der Waals surface area contributed by atoms with Gasteiger partial charge in [-0.15, -0.1) is 0 Å². The van der Waals surface area contributed by atoms with Crippen LogP contribution in [0.15, 0.2) is 48.5 Å². The van der Waals surface area contributed by atoms with Gasteiger partial charge in [-0.2, -0.15) is 0 Å². The van der Waals surface area contributed by atoms with Crippen molar-refractivity contribution in [1.82, 2.24) is 4.90 Å². The fourth-order valence-corrected chi connectivity index (χ4v) is 3.45. The Balaban J connectivity index is 1.65. The second-order valence-corrected chi connectivity index (χ2v) is 7.44. The molecule has 2 aromatic carbocycles. The molecule has 1 heterocycles. The topological polar surface area (TPSA) is 70.7 Å². The van der Waals surface area contributed by atoms with Crippen molar-refractivity contribution in [2.45, 2.75) is 26.1 Å². The summed E-state index contributed by atoms with van der Waals surface area (Å²) in [5.41, 5.74) is 1.51. The molecular weight excluding hydrogens is 378 g/mol. The minimum Gasteiger partial charge on any atom is -0.373 e. The third-order valence-electron chi connectivity index (χ3n) is 4.41. The number of para-hydroxylation sites is 1. The molecule has 2 unspecified atom stereocenters. The van der Waals surface area contributed by atoms with Gasteiger partial charge in [0.1, 0.15) is 0 Å². The third-order valence-corrected chi connectivity index (χ3v) is 4.66. The van der Waals surface area contributed by atoms with Crippen LogP contribution in [0.2, 0.25) is 5.02 Å². The summed E-state index contributed by atoms with van der Waals surface area (Å²) in [6, 6.07) is 13.8. The van der Waals surface area contributed by atoms with Gasteiger partial charge in [0.15, 0.2) is 0 Å². The Morgan fingerprint density at radius 1 is 1.04 bits per heavy atom. The van der Waals surface area contributed by atoms with Gasteiger partial charge in [-0.25, -0.2) is 0 Å². The van der Waals surface area contributed by atoms with E-state index in [1.165, 1.54) is 0 Å². The molecule has 2 amide bonds. The monoisotopic (exact) mass is 401 g/mol. The molecule has 0 saturated carbocycles. The van der Waals surface area contributed by atoms with Crippen LogP contribution in [0.25, 0.3) is 0 Å². The molecule has 0 bridgehead atoms. The number of carbonyl (C=O) groups excluding carboxylic acids is 2. The standard InChI is InChI=1S/C21H24ClN3O3/c1-14-11-25(12-15(2)28-14)13-20(26)24-19-6-4-3-5-18(19)21(27)23-17-9-7-16(22)8-10-17/h3-10,14-15H,11-13H2,1-2H3,(H,23,27)(H,24,26). The van der Waals surface area contributed by atoms with Crippen LogP contribution in [-0.4, -0.2) is 48.6 Å². The number of morpholine rings is 1. The van der Waals surface area contributed by atoms with Gasteiger partial charge in [-0.3, -0.25) is 14.5 Å². The fraction of sp³-hybridized carbons (Fsp3) is 0.333. The largest absolute Gasteiger partial charge is 0.373 e. The highest BCUT2D eigenvalue weighted by Crippen LogP contribution is 2.19. The Kier molecular flexibility index (Phi) is 6.67. The minimum atomic E-state index is -0.299. The van der Waals surface area contributed by atoms with Crippen LogP contribution in [-0.2, 0) is 9.53 Å². The summed E-state index contributed by atoms with van der Waals surface area (Å²) < 4.78 is 5.70. The molecule has 2 atom stereocenters. The number of benzene rings is 2. The van der Waals surface area contributed by atoms with Crippen molar-refractivity contribution in [3.63, 3.8) is 0 Å². The van der Waals surface area contributed by atoms with Crippen molar-refractivity contribution in [2.24, 2.45) is 0 Å². The van der Waals surface area contributed by atoms with E-state index in [1.54, 1.807) is 48.5 Å². The number of rotatable bonds is 5. The number of amides is 2. The van der Waals surface area contributed by atoms with E-state index in [1.807, 2.05) is 13.8 Å². The van der Waals surface area contributed by atoms with E-state index < -0.39 is 0 Å². The lowest BCUT2D eigenvalue weighted by Gasteiger charge is -2.34. The summed E-state index contributed by atoms with van der Waals surface area (Å²) in [7, 11) is 0. The molecule has 7 heteroatoms. The Bertz CT molecular complexity index is 831. The third kappa shape index (κ3) is 5.55. The highest BCUT2D eigenvalue weighted by Gasteiger charge is 2.24. The lowest BCUT2D eigenvalue weighted by molar-refractivity contribution is -0.121. The molecule has 2 aromatic rings. The minimum absolute atomic E-state index is 0.0917. The molecule has 2 N–H and O–H groups in total. The average molecular weight is 402 g/mol. The van der Waals surface area contributed by atoms with Gasteiger partial charge in [-0.05, 0) is 50.2 Å². The fourth-order valence-electron chi connectivity index (χ4n) is 3.33. The quantitative estimate of drug-likeness (QED) is 0.802. The summed E-state index contributed by atoms with van der Waals surface area (Å²) in [6.07, 6.45) is 0.183. The van der Waals surface area contributed by atoms with Crippen molar-refractivity contribution < 1.29 is 14.3 Å². The van der Waals surface area contributed by atoms with Gasteiger partial charge in [0, 0.05) is 23.8 Å². The van der Waals surface area contributed by atoms with Gasteiger partial charge in [0.25, 0.3) is 5.91 Å². The Morgan fingerprint density at radius 3 is 2.36 bits per heavy atom. The van der Waals surface area contributed by atoms with E-state index in [9.17, 15) is 9.59 Å². The summed E-state index contributed by atoms with van der Waals surface area (Å²) in [5.74, 6) is -0.458. The van der Waals surface area contributed by atoms with Crippen molar-refractivity contribution in [1.29, 1.82) is 0 Å². The maximum atomic E-state index is 12.7. The van der Waals surface area contributed by atoms with Gasteiger partial charge < -0.3 is 15.4 Å². The molecule has 148 valence electrons. The number of halogens is 1. The maximum absolute atomic E-state index is 12.7. The molecule has 0 aromatic heterocycles. The van der Waals surface area contributed by atoms with Crippen molar-refractivity contribution >= 4 is 34.8 Å². The predicted molar refractivity (Wildman–Crippen MR) is 111 cm³/mol.